The average molecular weight is 273 g/mol. The van der Waals surface area contributed by atoms with Crippen molar-refractivity contribution in [1.82, 2.24) is 4.98 Å². The van der Waals surface area contributed by atoms with E-state index in [1.165, 1.54) is 24.4 Å². The molecular formula is C11H7Cl2FN2O. The first kappa shape index (κ1) is 12.0. The van der Waals surface area contributed by atoms with Gasteiger partial charge < -0.3 is 10.5 Å². The smallest absolute Gasteiger partial charge is 0.242 e. The summed E-state index contributed by atoms with van der Waals surface area (Å²) in [4.78, 5) is 3.89. The summed E-state index contributed by atoms with van der Waals surface area (Å²) in [5.41, 5.74) is 5.92. The lowest BCUT2D eigenvalue weighted by Crippen LogP contribution is -1.95. The lowest BCUT2D eigenvalue weighted by Gasteiger charge is -2.07. The number of anilines is 1. The molecule has 0 atom stereocenters. The molecule has 6 heteroatoms. The number of ether oxygens (including phenoxy) is 1. The van der Waals surface area contributed by atoms with Gasteiger partial charge in [0.2, 0.25) is 5.88 Å². The standard InChI is InChI=1S/C11H7Cl2FN2O/c12-6-3-10(15)11(16-5-6)17-7-1-2-8(13)9(14)4-7/h1-5H,15H2. The van der Waals surface area contributed by atoms with Gasteiger partial charge in [-0.3, -0.25) is 0 Å². The van der Waals surface area contributed by atoms with Gasteiger partial charge in [-0.05, 0) is 18.2 Å². The summed E-state index contributed by atoms with van der Waals surface area (Å²) in [5.74, 6) is -0.152. The molecule has 0 saturated heterocycles. The third-order valence-electron chi connectivity index (χ3n) is 1.95. The van der Waals surface area contributed by atoms with Crippen molar-refractivity contribution in [3.8, 4) is 11.6 Å². The normalized spacial score (nSPS) is 10.3. The second kappa shape index (κ2) is 4.77. The lowest BCUT2D eigenvalue weighted by molar-refractivity contribution is 0.460. The van der Waals surface area contributed by atoms with E-state index in [4.69, 9.17) is 33.7 Å². The summed E-state index contributed by atoms with van der Waals surface area (Å²) < 4.78 is 18.5. The molecule has 0 unspecified atom stereocenters. The van der Waals surface area contributed by atoms with Crippen LogP contribution in [0.3, 0.4) is 0 Å². The molecule has 2 rings (SSSR count). The molecule has 17 heavy (non-hydrogen) atoms. The van der Waals surface area contributed by atoms with E-state index >= 15 is 0 Å². The van der Waals surface area contributed by atoms with Crippen LogP contribution in [0.5, 0.6) is 11.6 Å². The molecule has 1 heterocycles. The molecule has 0 amide bonds. The first-order chi connectivity index (χ1) is 8.06. The number of aromatic nitrogens is 1. The van der Waals surface area contributed by atoms with E-state index in [-0.39, 0.29) is 22.3 Å². The summed E-state index contributed by atoms with van der Waals surface area (Å²) in [6, 6.07) is 5.55. The minimum absolute atomic E-state index is 0.0226. The molecule has 0 spiro atoms. The van der Waals surface area contributed by atoms with Crippen LogP contribution in [-0.2, 0) is 0 Å². The maximum atomic E-state index is 13.2. The first-order valence-electron chi connectivity index (χ1n) is 4.60. The van der Waals surface area contributed by atoms with Gasteiger partial charge in [0.15, 0.2) is 0 Å². The molecule has 0 fully saturated rings. The van der Waals surface area contributed by atoms with Crippen LogP contribution in [0.15, 0.2) is 30.5 Å². The van der Waals surface area contributed by atoms with Crippen LogP contribution in [0.2, 0.25) is 10.0 Å². The van der Waals surface area contributed by atoms with Crippen molar-refractivity contribution >= 4 is 28.9 Å². The van der Waals surface area contributed by atoms with Crippen molar-refractivity contribution in [3.63, 3.8) is 0 Å². The highest BCUT2D eigenvalue weighted by molar-refractivity contribution is 6.31. The van der Waals surface area contributed by atoms with Gasteiger partial charge in [0.25, 0.3) is 0 Å². The van der Waals surface area contributed by atoms with Crippen molar-refractivity contribution in [3.05, 3.63) is 46.3 Å². The van der Waals surface area contributed by atoms with Gasteiger partial charge in [0.1, 0.15) is 11.6 Å². The van der Waals surface area contributed by atoms with Crippen LogP contribution in [0.4, 0.5) is 10.1 Å². The third-order valence-corrected chi connectivity index (χ3v) is 2.46. The maximum Gasteiger partial charge on any atom is 0.242 e. The Balaban J connectivity index is 2.28. The number of benzene rings is 1. The van der Waals surface area contributed by atoms with Gasteiger partial charge in [0, 0.05) is 12.3 Å². The highest BCUT2D eigenvalue weighted by Gasteiger charge is 2.07. The molecule has 0 aliphatic rings. The Morgan fingerprint density at radius 1 is 1.24 bits per heavy atom. The van der Waals surface area contributed by atoms with E-state index < -0.39 is 5.82 Å². The molecular weight excluding hydrogens is 266 g/mol. The first-order valence-corrected chi connectivity index (χ1v) is 5.36. The van der Waals surface area contributed by atoms with Crippen molar-refractivity contribution in [1.29, 1.82) is 0 Å². The topological polar surface area (TPSA) is 48.1 Å². The van der Waals surface area contributed by atoms with Crippen molar-refractivity contribution in [2.75, 3.05) is 5.73 Å². The number of hydrogen-bond acceptors (Lipinski definition) is 3. The Bertz CT molecular complexity index is 563. The summed E-state index contributed by atoms with van der Waals surface area (Å²) in [7, 11) is 0. The zero-order valence-electron chi connectivity index (χ0n) is 8.45. The van der Waals surface area contributed by atoms with Crippen molar-refractivity contribution < 1.29 is 9.13 Å². The Kier molecular flexibility index (Phi) is 3.36. The summed E-state index contributed by atoms with van der Waals surface area (Å²) in [5, 5.41) is 0.423. The van der Waals surface area contributed by atoms with E-state index in [9.17, 15) is 4.39 Å². The molecule has 3 nitrogen and oxygen atoms in total. The van der Waals surface area contributed by atoms with Crippen LogP contribution in [-0.4, -0.2) is 4.98 Å². The Morgan fingerprint density at radius 3 is 2.65 bits per heavy atom. The van der Waals surface area contributed by atoms with E-state index in [1.807, 2.05) is 0 Å². The Morgan fingerprint density at radius 2 is 2.00 bits per heavy atom. The van der Waals surface area contributed by atoms with Crippen LogP contribution in [0.1, 0.15) is 0 Å². The third kappa shape index (κ3) is 2.78. The molecule has 1 aromatic heterocycles. The van der Waals surface area contributed by atoms with E-state index in [1.54, 1.807) is 0 Å². The van der Waals surface area contributed by atoms with Crippen LogP contribution in [0.25, 0.3) is 0 Å². The average Bonchev–Trinajstić information content (AvgIpc) is 2.27. The number of nitrogens with zero attached hydrogens (tertiary/aromatic N) is 1. The molecule has 1 aromatic carbocycles. The fraction of sp³-hybridized carbons (Fsp3) is 0. The van der Waals surface area contributed by atoms with Crippen molar-refractivity contribution in [2.24, 2.45) is 0 Å². The minimum Gasteiger partial charge on any atom is -0.437 e. The monoisotopic (exact) mass is 272 g/mol. The van der Waals surface area contributed by atoms with Gasteiger partial charge >= 0.3 is 0 Å². The molecule has 88 valence electrons. The number of halogens is 3. The second-order valence-electron chi connectivity index (χ2n) is 3.23. The molecule has 0 bridgehead atoms. The molecule has 0 aliphatic carbocycles. The molecule has 2 aromatic rings. The Hall–Kier alpha value is -1.52. The number of rotatable bonds is 2. The predicted octanol–water partition coefficient (Wildman–Crippen LogP) is 3.90. The van der Waals surface area contributed by atoms with Gasteiger partial charge in [-0.15, -0.1) is 0 Å². The van der Waals surface area contributed by atoms with E-state index in [2.05, 4.69) is 4.98 Å². The maximum absolute atomic E-state index is 13.2. The lowest BCUT2D eigenvalue weighted by atomic mass is 10.3. The summed E-state index contributed by atoms with van der Waals surface area (Å²) in [6.07, 6.45) is 1.39. The van der Waals surface area contributed by atoms with E-state index in [0.717, 1.165) is 6.07 Å². The largest absolute Gasteiger partial charge is 0.437 e. The van der Waals surface area contributed by atoms with Gasteiger partial charge in [0.05, 0.1) is 15.7 Å². The van der Waals surface area contributed by atoms with Gasteiger partial charge in [-0.2, -0.15) is 0 Å². The van der Waals surface area contributed by atoms with Crippen LogP contribution >= 0.6 is 23.2 Å². The fourth-order valence-electron chi connectivity index (χ4n) is 1.18. The summed E-state index contributed by atoms with van der Waals surface area (Å²) in [6.45, 7) is 0. The zero-order chi connectivity index (χ0) is 12.4. The SMILES string of the molecule is Nc1cc(Cl)cnc1Oc1ccc(Cl)c(F)c1. The van der Waals surface area contributed by atoms with Gasteiger partial charge in [-0.25, -0.2) is 9.37 Å². The minimum atomic E-state index is -0.572. The number of pyridine rings is 1. The highest BCUT2D eigenvalue weighted by Crippen LogP contribution is 2.28. The highest BCUT2D eigenvalue weighted by atomic mass is 35.5. The van der Waals surface area contributed by atoms with Crippen LogP contribution < -0.4 is 10.5 Å². The molecule has 2 N–H and O–H groups in total. The van der Waals surface area contributed by atoms with E-state index in [0.29, 0.717) is 5.02 Å². The number of nitrogens with two attached hydrogens (primary N) is 1. The van der Waals surface area contributed by atoms with Gasteiger partial charge in [-0.1, -0.05) is 23.2 Å². The number of hydrogen-bond donors (Lipinski definition) is 1. The molecule has 0 saturated carbocycles. The summed E-state index contributed by atoms with van der Waals surface area (Å²) >= 11 is 11.2. The Labute approximate surface area is 107 Å². The molecule has 0 aliphatic heterocycles. The molecule has 0 radical (unpaired) electrons. The number of nitrogen functional groups attached to an aromatic ring is 1. The zero-order valence-corrected chi connectivity index (χ0v) is 9.97. The van der Waals surface area contributed by atoms with Crippen molar-refractivity contribution in [2.45, 2.75) is 0 Å². The quantitative estimate of drug-likeness (QED) is 0.902. The second-order valence-corrected chi connectivity index (χ2v) is 4.07. The predicted molar refractivity (Wildman–Crippen MR) is 65.1 cm³/mol. The fourth-order valence-corrected chi connectivity index (χ4v) is 1.46. The van der Waals surface area contributed by atoms with Crippen LogP contribution in [0, 0.1) is 5.82 Å².